The largest absolute Gasteiger partial charge is 0.326 e. The van der Waals surface area contributed by atoms with Crippen molar-refractivity contribution in [3.63, 3.8) is 0 Å². The van der Waals surface area contributed by atoms with Gasteiger partial charge in [-0.05, 0) is 41.0 Å². The number of rotatable bonds is 2. The van der Waals surface area contributed by atoms with Gasteiger partial charge < -0.3 is 5.73 Å². The van der Waals surface area contributed by atoms with Crippen molar-refractivity contribution in [2.75, 3.05) is 0 Å². The third-order valence-electron chi connectivity index (χ3n) is 2.59. The molecule has 0 heterocycles. The molecule has 0 aromatic heterocycles. The molecule has 0 fully saturated rings. The van der Waals surface area contributed by atoms with Gasteiger partial charge in [0.2, 0.25) is 0 Å². The second-order valence-electron chi connectivity index (χ2n) is 3.76. The highest BCUT2D eigenvalue weighted by molar-refractivity contribution is 5.67. The van der Waals surface area contributed by atoms with Gasteiger partial charge in [-0.15, -0.1) is 0 Å². The number of benzene rings is 2. The van der Waals surface area contributed by atoms with Crippen molar-refractivity contribution >= 4 is 0 Å². The zero-order valence-electron chi connectivity index (χ0n) is 9.18. The summed E-state index contributed by atoms with van der Waals surface area (Å²) in [4.78, 5) is 0. The van der Waals surface area contributed by atoms with Gasteiger partial charge in [0.15, 0.2) is 17.5 Å². The minimum absolute atomic E-state index is 0.0475. The predicted octanol–water partition coefficient (Wildman–Crippen LogP) is 3.37. The molecule has 18 heavy (non-hydrogen) atoms. The molecular weight excluding hydrogens is 246 g/mol. The fraction of sp³-hybridized carbons (Fsp3) is 0.0769. The normalized spacial score (nSPS) is 10.7. The van der Waals surface area contributed by atoms with Crippen LogP contribution in [0, 0.1) is 23.3 Å². The molecule has 2 rings (SSSR count). The van der Waals surface area contributed by atoms with E-state index in [0.29, 0.717) is 5.56 Å². The molecule has 0 unspecified atom stereocenters. The molecular formula is C13H9F4N. The Hall–Kier alpha value is -1.88. The molecule has 0 amide bonds. The summed E-state index contributed by atoms with van der Waals surface area (Å²) < 4.78 is 52.2. The van der Waals surface area contributed by atoms with Crippen LogP contribution in [0.2, 0.25) is 0 Å². The lowest BCUT2D eigenvalue weighted by Crippen LogP contribution is -2.00. The van der Waals surface area contributed by atoms with E-state index in [4.69, 9.17) is 5.73 Å². The summed E-state index contributed by atoms with van der Waals surface area (Å²) in [6.07, 6.45) is 0. The molecule has 1 nitrogen and oxygen atoms in total. The van der Waals surface area contributed by atoms with Crippen molar-refractivity contribution in [2.24, 2.45) is 5.73 Å². The Morgan fingerprint density at radius 2 is 1.50 bits per heavy atom. The number of halogens is 4. The average Bonchev–Trinajstić information content (AvgIpc) is 2.35. The molecule has 2 aromatic rings. The maximum absolute atomic E-state index is 13.1. The average molecular weight is 255 g/mol. The fourth-order valence-corrected chi connectivity index (χ4v) is 1.71. The van der Waals surface area contributed by atoms with Crippen LogP contribution in [-0.2, 0) is 6.54 Å². The van der Waals surface area contributed by atoms with Gasteiger partial charge >= 0.3 is 0 Å². The minimum Gasteiger partial charge on any atom is -0.326 e. The third kappa shape index (κ3) is 2.22. The standard InChI is InChI=1S/C13H9F4N/c14-9-2-1-7(6-18)10(5-9)8-3-11(15)13(17)12(16)4-8/h1-5H,6,18H2. The summed E-state index contributed by atoms with van der Waals surface area (Å²) >= 11 is 0. The van der Waals surface area contributed by atoms with Crippen molar-refractivity contribution in [1.29, 1.82) is 0 Å². The molecule has 0 aliphatic rings. The van der Waals surface area contributed by atoms with Gasteiger partial charge in [0, 0.05) is 6.54 Å². The summed E-state index contributed by atoms with van der Waals surface area (Å²) in [7, 11) is 0. The molecule has 2 aromatic carbocycles. The van der Waals surface area contributed by atoms with E-state index >= 15 is 0 Å². The van der Waals surface area contributed by atoms with Gasteiger partial charge in [0.1, 0.15) is 5.82 Å². The van der Waals surface area contributed by atoms with Gasteiger partial charge in [-0.3, -0.25) is 0 Å². The van der Waals surface area contributed by atoms with E-state index in [-0.39, 0.29) is 17.7 Å². The van der Waals surface area contributed by atoms with E-state index in [1.807, 2.05) is 0 Å². The van der Waals surface area contributed by atoms with Crippen LogP contribution in [0.15, 0.2) is 30.3 Å². The smallest absolute Gasteiger partial charge is 0.194 e. The monoisotopic (exact) mass is 255 g/mol. The van der Waals surface area contributed by atoms with Crippen LogP contribution in [-0.4, -0.2) is 0 Å². The maximum Gasteiger partial charge on any atom is 0.194 e. The van der Waals surface area contributed by atoms with Crippen LogP contribution in [0.25, 0.3) is 11.1 Å². The van der Waals surface area contributed by atoms with Crippen LogP contribution in [0.5, 0.6) is 0 Å². The molecule has 0 atom stereocenters. The number of hydrogen-bond donors (Lipinski definition) is 1. The van der Waals surface area contributed by atoms with Gasteiger partial charge in [-0.1, -0.05) is 6.07 Å². The summed E-state index contributed by atoms with van der Waals surface area (Å²) in [6, 6.07) is 5.35. The molecule has 5 heteroatoms. The van der Waals surface area contributed by atoms with Gasteiger partial charge in [0.25, 0.3) is 0 Å². The second kappa shape index (κ2) is 4.78. The van der Waals surface area contributed by atoms with Crippen molar-refractivity contribution in [2.45, 2.75) is 6.54 Å². The highest BCUT2D eigenvalue weighted by atomic mass is 19.2. The topological polar surface area (TPSA) is 26.0 Å². The first kappa shape index (κ1) is 12.6. The molecule has 0 aliphatic carbocycles. The van der Waals surface area contributed by atoms with Crippen LogP contribution < -0.4 is 5.73 Å². The zero-order chi connectivity index (χ0) is 13.3. The summed E-state index contributed by atoms with van der Waals surface area (Å²) in [5, 5.41) is 0. The molecule has 2 N–H and O–H groups in total. The SMILES string of the molecule is NCc1ccc(F)cc1-c1cc(F)c(F)c(F)c1. The summed E-state index contributed by atoms with van der Waals surface area (Å²) in [5.41, 5.74) is 6.27. The van der Waals surface area contributed by atoms with Crippen molar-refractivity contribution in [1.82, 2.24) is 0 Å². The molecule has 0 bridgehead atoms. The Bertz CT molecular complexity index is 573. The molecule has 0 radical (unpaired) electrons. The highest BCUT2D eigenvalue weighted by Crippen LogP contribution is 2.27. The first-order valence-corrected chi connectivity index (χ1v) is 5.16. The Balaban J connectivity index is 2.65. The van der Waals surface area contributed by atoms with Crippen molar-refractivity contribution < 1.29 is 17.6 Å². The Labute approximate surface area is 101 Å². The Kier molecular flexibility index (Phi) is 3.34. The molecule has 0 saturated heterocycles. The third-order valence-corrected chi connectivity index (χ3v) is 2.59. The first-order valence-electron chi connectivity index (χ1n) is 5.16. The zero-order valence-corrected chi connectivity index (χ0v) is 9.18. The van der Waals surface area contributed by atoms with Gasteiger partial charge in [-0.2, -0.15) is 0 Å². The summed E-state index contributed by atoms with van der Waals surface area (Å²) in [6.45, 7) is 0.0796. The molecule has 0 saturated carbocycles. The lowest BCUT2D eigenvalue weighted by atomic mass is 9.99. The van der Waals surface area contributed by atoms with Gasteiger partial charge in [0.05, 0.1) is 0 Å². The Morgan fingerprint density at radius 1 is 0.889 bits per heavy atom. The highest BCUT2D eigenvalue weighted by Gasteiger charge is 2.13. The quantitative estimate of drug-likeness (QED) is 0.646. The Morgan fingerprint density at radius 3 is 2.06 bits per heavy atom. The summed E-state index contributed by atoms with van der Waals surface area (Å²) in [5.74, 6) is -4.76. The first-order chi connectivity index (χ1) is 8.52. The molecule has 0 aliphatic heterocycles. The van der Waals surface area contributed by atoms with Crippen LogP contribution in [0.4, 0.5) is 17.6 Å². The van der Waals surface area contributed by atoms with E-state index in [0.717, 1.165) is 18.2 Å². The lowest BCUT2D eigenvalue weighted by molar-refractivity contribution is 0.447. The number of hydrogen-bond acceptors (Lipinski definition) is 1. The molecule has 94 valence electrons. The van der Waals surface area contributed by atoms with E-state index in [2.05, 4.69) is 0 Å². The van der Waals surface area contributed by atoms with Gasteiger partial charge in [-0.25, -0.2) is 17.6 Å². The maximum atomic E-state index is 13.1. The molecule has 0 spiro atoms. The van der Waals surface area contributed by atoms with Crippen molar-refractivity contribution in [3.05, 3.63) is 59.2 Å². The van der Waals surface area contributed by atoms with Crippen LogP contribution >= 0.6 is 0 Å². The lowest BCUT2D eigenvalue weighted by Gasteiger charge is -2.09. The fourth-order valence-electron chi connectivity index (χ4n) is 1.71. The van der Waals surface area contributed by atoms with E-state index in [1.54, 1.807) is 0 Å². The van der Waals surface area contributed by atoms with E-state index in [1.165, 1.54) is 12.1 Å². The van der Waals surface area contributed by atoms with Crippen molar-refractivity contribution in [3.8, 4) is 11.1 Å². The second-order valence-corrected chi connectivity index (χ2v) is 3.76. The minimum atomic E-state index is -1.55. The predicted molar refractivity (Wildman–Crippen MR) is 59.6 cm³/mol. The van der Waals surface area contributed by atoms with E-state index < -0.39 is 23.3 Å². The van der Waals surface area contributed by atoms with E-state index in [9.17, 15) is 17.6 Å². The number of nitrogens with two attached hydrogens (primary N) is 1. The van der Waals surface area contributed by atoms with Crippen LogP contribution in [0.1, 0.15) is 5.56 Å². The van der Waals surface area contributed by atoms with Crippen LogP contribution in [0.3, 0.4) is 0 Å².